The first-order valence-electron chi connectivity index (χ1n) is 8.69. The van der Waals surface area contributed by atoms with Crippen LogP contribution in [0.4, 0.5) is 0 Å². The van der Waals surface area contributed by atoms with Crippen molar-refractivity contribution in [2.24, 2.45) is 0 Å². The molecule has 0 heterocycles. The molecule has 0 unspecified atom stereocenters. The van der Waals surface area contributed by atoms with Gasteiger partial charge in [-0.2, -0.15) is 0 Å². The maximum atomic E-state index is 6.54. The molecule has 2 nitrogen and oxygen atoms in total. The Morgan fingerprint density at radius 2 is 1.08 bits per heavy atom. The summed E-state index contributed by atoms with van der Waals surface area (Å²) in [5.41, 5.74) is 2.53. The Balaban J connectivity index is 2.07. The van der Waals surface area contributed by atoms with Crippen LogP contribution < -0.4 is 0 Å². The summed E-state index contributed by atoms with van der Waals surface area (Å²) in [5.74, 6) is 2.48. The summed E-state index contributed by atoms with van der Waals surface area (Å²) in [6.07, 6.45) is 5.25. The molecule has 0 radical (unpaired) electrons. The average molecular weight is 342 g/mol. The van der Waals surface area contributed by atoms with Crippen molar-refractivity contribution < 1.29 is 9.47 Å². The van der Waals surface area contributed by atoms with Gasteiger partial charge in [0.1, 0.15) is 12.2 Å². The van der Waals surface area contributed by atoms with Crippen LogP contribution in [0, 0.1) is 12.3 Å². The summed E-state index contributed by atoms with van der Waals surface area (Å²) in [6, 6.07) is 30.9. The maximum absolute atomic E-state index is 6.54. The third-order valence-electron chi connectivity index (χ3n) is 4.27. The van der Waals surface area contributed by atoms with Crippen LogP contribution in [-0.2, 0) is 15.1 Å². The van der Waals surface area contributed by atoms with E-state index in [1.165, 1.54) is 0 Å². The number of rotatable bonds is 8. The van der Waals surface area contributed by atoms with Gasteiger partial charge in [-0.05, 0) is 16.7 Å². The second-order valence-corrected chi connectivity index (χ2v) is 5.88. The highest BCUT2D eigenvalue weighted by Gasteiger charge is 2.37. The van der Waals surface area contributed by atoms with Crippen molar-refractivity contribution in [3.63, 3.8) is 0 Å². The minimum absolute atomic E-state index is 0.290. The van der Waals surface area contributed by atoms with Gasteiger partial charge >= 0.3 is 0 Å². The van der Waals surface area contributed by atoms with Gasteiger partial charge in [-0.25, -0.2) is 0 Å². The molecule has 0 aliphatic heterocycles. The molecule has 0 atom stereocenters. The minimum atomic E-state index is -0.705. The van der Waals surface area contributed by atoms with E-state index in [1.54, 1.807) is 0 Å². The molecule has 0 saturated heterocycles. The lowest BCUT2D eigenvalue weighted by atomic mass is 9.80. The summed E-state index contributed by atoms with van der Waals surface area (Å²) < 4.78 is 12.0. The molecule has 0 amide bonds. The monoisotopic (exact) mass is 342 g/mol. The quantitative estimate of drug-likeness (QED) is 0.337. The topological polar surface area (TPSA) is 18.5 Å². The van der Waals surface area contributed by atoms with Crippen molar-refractivity contribution in [1.82, 2.24) is 0 Å². The summed E-state index contributed by atoms with van der Waals surface area (Å²) >= 11 is 0. The maximum Gasteiger partial charge on any atom is 0.143 e. The van der Waals surface area contributed by atoms with Crippen LogP contribution in [0.25, 0.3) is 0 Å². The Morgan fingerprint density at radius 1 is 0.654 bits per heavy atom. The van der Waals surface area contributed by atoms with Gasteiger partial charge in [-0.3, -0.25) is 0 Å². The Bertz CT molecular complexity index is 724. The van der Waals surface area contributed by atoms with Gasteiger partial charge in [0.05, 0.1) is 13.2 Å². The normalized spacial score (nSPS) is 11.0. The SMILES string of the molecule is C#CCOCCOC(c1ccccc1)(c1ccccc1)c1ccccc1. The van der Waals surface area contributed by atoms with E-state index in [2.05, 4.69) is 42.3 Å². The fraction of sp³-hybridized carbons (Fsp3) is 0.167. The molecule has 0 saturated carbocycles. The van der Waals surface area contributed by atoms with E-state index < -0.39 is 5.60 Å². The summed E-state index contributed by atoms with van der Waals surface area (Å²) in [4.78, 5) is 0. The van der Waals surface area contributed by atoms with E-state index in [-0.39, 0.29) is 0 Å². The number of ether oxygens (including phenoxy) is 2. The Labute approximate surface area is 155 Å². The molecule has 0 aliphatic rings. The van der Waals surface area contributed by atoms with Gasteiger partial charge in [0.2, 0.25) is 0 Å². The lowest BCUT2D eigenvalue weighted by Crippen LogP contribution is -2.34. The number of terminal acetylenes is 1. The Kier molecular flexibility index (Phi) is 6.22. The second-order valence-electron chi connectivity index (χ2n) is 5.88. The lowest BCUT2D eigenvalue weighted by Gasteiger charge is -2.36. The van der Waals surface area contributed by atoms with Gasteiger partial charge in [0, 0.05) is 0 Å². The smallest absolute Gasteiger partial charge is 0.143 e. The number of hydrogen-bond donors (Lipinski definition) is 0. The van der Waals surface area contributed by atoms with Crippen LogP contribution in [0.1, 0.15) is 16.7 Å². The standard InChI is InChI=1S/C24H22O2/c1-2-18-25-19-20-26-24(21-12-6-3-7-13-21,22-14-8-4-9-15-22)23-16-10-5-11-17-23/h1,3-17H,18-20H2. The minimum Gasteiger partial charge on any atom is -0.366 e. The van der Waals surface area contributed by atoms with E-state index in [1.807, 2.05) is 54.6 Å². The summed E-state index contributed by atoms with van der Waals surface area (Å²) in [5, 5.41) is 0. The van der Waals surface area contributed by atoms with E-state index in [4.69, 9.17) is 15.9 Å². The molecule has 26 heavy (non-hydrogen) atoms. The Hall–Kier alpha value is -2.86. The van der Waals surface area contributed by atoms with Gasteiger partial charge in [0.25, 0.3) is 0 Å². The first-order chi connectivity index (χ1) is 12.9. The van der Waals surface area contributed by atoms with E-state index in [0.29, 0.717) is 19.8 Å². The highest BCUT2D eigenvalue weighted by molar-refractivity contribution is 5.47. The van der Waals surface area contributed by atoms with E-state index in [0.717, 1.165) is 16.7 Å². The highest BCUT2D eigenvalue weighted by atomic mass is 16.5. The zero-order valence-electron chi connectivity index (χ0n) is 14.7. The predicted octanol–water partition coefficient (Wildman–Crippen LogP) is 4.64. The molecule has 3 aromatic rings. The molecule has 3 aromatic carbocycles. The molecule has 2 heteroatoms. The lowest BCUT2D eigenvalue weighted by molar-refractivity contribution is -0.0189. The average Bonchev–Trinajstić information content (AvgIpc) is 2.73. The molecule has 3 rings (SSSR count). The molecule has 0 spiro atoms. The van der Waals surface area contributed by atoms with Crippen LogP contribution in [0.3, 0.4) is 0 Å². The summed E-state index contributed by atoms with van der Waals surface area (Å²) in [7, 11) is 0. The van der Waals surface area contributed by atoms with Crippen LogP contribution >= 0.6 is 0 Å². The van der Waals surface area contributed by atoms with Crippen LogP contribution in [0.15, 0.2) is 91.0 Å². The van der Waals surface area contributed by atoms with Gasteiger partial charge < -0.3 is 9.47 Å². The zero-order valence-corrected chi connectivity index (χ0v) is 14.7. The van der Waals surface area contributed by atoms with Gasteiger partial charge in [0.15, 0.2) is 0 Å². The zero-order chi connectivity index (χ0) is 18.1. The van der Waals surface area contributed by atoms with Gasteiger partial charge in [-0.15, -0.1) is 6.42 Å². The first kappa shape index (κ1) is 17.9. The van der Waals surface area contributed by atoms with E-state index in [9.17, 15) is 0 Å². The van der Waals surface area contributed by atoms with Crippen molar-refractivity contribution >= 4 is 0 Å². The van der Waals surface area contributed by atoms with Crippen LogP contribution in [-0.4, -0.2) is 19.8 Å². The fourth-order valence-corrected chi connectivity index (χ4v) is 3.15. The molecule has 0 fully saturated rings. The third kappa shape index (κ3) is 3.86. The fourth-order valence-electron chi connectivity index (χ4n) is 3.15. The molecule has 0 aromatic heterocycles. The molecule has 0 bridgehead atoms. The molecule has 0 N–H and O–H groups in total. The van der Waals surface area contributed by atoms with Crippen molar-refractivity contribution in [1.29, 1.82) is 0 Å². The number of hydrogen-bond acceptors (Lipinski definition) is 2. The summed E-state index contributed by atoms with van der Waals surface area (Å²) in [6.45, 7) is 1.16. The van der Waals surface area contributed by atoms with Crippen molar-refractivity contribution in [3.8, 4) is 12.3 Å². The Morgan fingerprint density at radius 3 is 1.46 bits per heavy atom. The van der Waals surface area contributed by atoms with Crippen LogP contribution in [0.2, 0.25) is 0 Å². The molecular weight excluding hydrogens is 320 g/mol. The number of benzene rings is 3. The van der Waals surface area contributed by atoms with Gasteiger partial charge in [-0.1, -0.05) is 96.9 Å². The second kappa shape index (κ2) is 9.01. The van der Waals surface area contributed by atoms with Crippen molar-refractivity contribution in [2.45, 2.75) is 5.60 Å². The molecular formula is C24H22O2. The van der Waals surface area contributed by atoms with E-state index >= 15 is 0 Å². The molecule has 130 valence electrons. The third-order valence-corrected chi connectivity index (χ3v) is 4.27. The highest BCUT2D eigenvalue weighted by Crippen LogP contribution is 2.40. The van der Waals surface area contributed by atoms with Crippen molar-refractivity contribution in [3.05, 3.63) is 108 Å². The predicted molar refractivity (Wildman–Crippen MR) is 105 cm³/mol. The largest absolute Gasteiger partial charge is 0.366 e. The first-order valence-corrected chi connectivity index (χ1v) is 8.69. The molecule has 0 aliphatic carbocycles. The van der Waals surface area contributed by atoms with Crippen LogP contribution in [0.5, 0.6) is 0 Å². The van der Waals surface area contributed by atoms with Crippen molar-refractivity contribution in [2.75, 3.05) is 19.8 Å².